The van der Waals surface area contributed by atoms with Crippen LogP contribution >= 0.6 is 11.3 Å². The Morgan fingerprint density at radius 3 is 2.43 bits per heavy atom. The van der Waals surface area contributed by atoms with Crippen molar-refractivity contribution in [3.8, 4) is 0 Å². The number of aryl methyl sites for hydroxylation is 1. The van der Waals surface area contributed by atoms with Crippen LogP contribution in [0.1, 0.15) is 47.3 Å². The van der Waals surface area contributed by atoms with Gasteiger partial charge in [-0.15, -0.1) is 11.3 Å². The van der Waals surface area contributed by atoms with Crippen molar-refractivity contribution >= 4 is 27.5 Å². The van der Waals surface area contributed by atoms with Crippen LogP contribution in [-0.4, -0.2) is 42.6 Å². The molecule has 0 saturated heterocycles. The number of likely N-dealkylation sites (N-methyl/N-ethyl adjacent to an activating group) is 1. The molecule has 1 N–H and O–H groups in total. The Labute approximate surface area is 172 Å². The fraction of sp³-hybridized carbons (Fsp3) is 0.435. The Morgan fingerprint density at radius 1 is 1.14 bits per heavy atom. The number of aromatic nitrogens is 1. The number of nitrogens with one attached hydrogen (secondary N) is 1. The van der Waals surface area contributed by atoms with Gasteiger partial charge in [0, 0.05) is 24.5 Å². The highest BCUT2D eigenvalue weighted by atomic mass is 32.1. The number of hydrogen-bond acceptors (Lipinski definition) is 3. The zero-order chi connectivity index (χ0) is 20.5. The first kappa shape index (κ1) is 20.6. The topological polar surface area (TPSA) is 37.3 Å². The van der Waals surface area contributed by atoms with E-state index in [0.717, 1.165) is 17.8 Å². The number of carbonyl (C=O) groups excluding carboxylic acids is 1. The van der Waals surface area contributed by atoms with Gasteiger partial charge in [-0.1, -0.05) is 45.0 Å². The van der Waals surface area contributed by atoms with Crippen LogP contribution in [0.3, 0.4) is 0 Å². The molecule has 0 saturated carbocycles. The predicted molar refractivity (Wildman–Crippen MR) is 120 cm³/mol. The van der Waals surface area contributed by atoms with Gasteiger partial charge in [0.25, 0.3) is 5.91 Å². The molecule has 0 unspecified atom stereocenters. The van der Waals surface area contributed by atoms with Gasteiger partial charge in [0.15, 0.2) is 0 Å². The van der Waals surface area contributed by atoms with E-state index in [1.807, 2.05) is 20.2 Å². The lowest BCUT2D eigenvalue weighted by atomic mass is 9.87. The molecule has 3 aromatic rings. The van der Waals surface area contributed by atoms with E-state index in [9.17, 15) is 4.79 Å². The zero-order valence-electron chi connectivity index (χ0n) is 17.8. The van der Waals surface area contributed by atoms with Crippen molar-refractivity contribution in [3.05, 3.63) is 58.1 Å². The van der Waals surface area contributed by atoms with E-state index in [2.05, 4.69) is 72.8 Å². The van der Waals surface area contributed by atoms with Crippen LogP contribution in [0.2, 0.25) is 0 Å². The van der Waals surface area contributed by atoms with Crippen LogP contribution in [0, 0.1) is 6.92 Å². The molecule has 0 spiro atoms. The third-order valence-electron chi connectivity index (χ3n) is 4.95. The summed E-state index contributed by atoms with van der Waals surface area (Å²) in [4.78, 5) is 16.2. The van der Waals surface area contributed by atoms with Crippen molar-refractivity contribution in [2.24, 2.45) is 0 Å². The Kier molecular flexibility index (Phi) is 5.96. The van der Waals surface area contributed by atoms with Crippen molar-refractivity contribution in [2.45, 2.75) is 39.7 Å². The molecule has 1 aromatic carbocycles. The molecule has 3 rings (SSSR count). The Hall–Kier alpha value is -2.11. The summed E-state index contributed by atoms with van der Waals surface area (Å²) in [6.45, 7) is 11.0. The lowest BCUT2D eigenvalue weighted by Crippen LogP contribution is -2.32. The van der Waals surface area contributed by atoms with Crippen molar-refractivity contribution < 1.29 is 4.79 Å². The molecule has 0 aliphatic carbocycles. The molecule has 1 amide bonds. The minimum absolute atomic E-state index is 0.00536. The number of rotatable bonds is 6. The summed E-state index contributed by atoms with van der Waals surface area (Å²) in [5, 5.41) is 3.05. The predicted octanol–water partition coefficient (Wildman–Crippen LogP) is 4.65. The average molecular weight is 398 g/mol. The summed E-state index contributed by atoms with van der Waals surface area (Å²) >= 11 is 1.74. The van der Waals surface area contributed by atoms with Crippen molar-refractivity contribution in [3.63, 3.8) is 0 Å². The molecular formula is C23H31N3OS. The van der Waals surface area contributed by atoms with Gasteiger partial charge in [-0.2, -0.15) is 0 Å². The van der Waals surface area contributed by atoms with Gasteiger partial charge in [-0.05, 0) is 49.7 Å². The van der Waals surface area contributed by atoms with Crippen molar-refractivity contribution in [1.82, 2.24) is 14.8 Å². The van der Waals surface area contributed by atoms with E-state index in [-0.39, 0.29) is 11.3 Å². The second-order valence-electron chi connectivity index (χ2n) is 8.73. The smallest absolute Gasteiger partial charge is 0.268 e. The highest BCUT2D eigenvalue weighted by Gasteiger charge is 2.18. The summed E-state index contributed by atoms with van der Waals surface area (Å²) in [6.07, 6.45) is 0. The number of amides is 1. The molecule has 0 radical (unpaired) electrons. The third kappa shape index (κ3) is 4.65. The van der Waals surface area contributed by atoms with Crippen LogP contribution in [-0.2, 0) is 12.0 Å². The number of carbonyl (C=O) groups is 1. The largest absolute Gasteiger partial charge is 0.349 e. The molecule has 150 valence electrons. The summed E-state index contributed by atoms with van der Waals surface area (Å²) in [5.41, 5.74) is 4.54. The monoisotopic (exact) mass is 397 g/mol. The van der Waals surface area contributed by atoms with E-state index in [1.54, 1.807) is 11.3 Å². The quantitative estimate of drug-likeness (QED) is 0.657. The highest BCUT2D eigenvalue weighted by molar-refractivity contribution is 7.19. The zero-order valence-corrected chi connectivity index (χ0v) is 18.6. The van der Waals surface area contributed by atoms with E-state index in [4.69, 9.17) is 0 Å². The molecule has 0 fully saturated rings. The summed E-state index contributed by atoms with van der Waals surface area (Å²) in [7, 11) is 4.02. The standard InChI is InChI=1S/C23H31N3OS/c1-16-13-19-21(28-16)14-20(22(27)24-11-12-25(5)6)26(19)15-17-7-9-18(10-8-17)23(2,3)4/h7-10,13-14H,11-12,15H2,1-6H3,(H,24,27). The molecule has 5 heteroatoms. The number of benzene rings is 1. The number of hydrogen-bond donors (Lipinski definition) is 1. The second-order valence-corrected chi connectivity index (χ2v) is 10.0. The maximum absolute atomic E-state index is 12.8. The SMILES string of the molecule is Cc1cc2c(cc(C(=O)NCCN(C)C)n2Cc2ccc(C(C)(C)C)cc2)s1. The first-order valence-electron chi connectivity index (χ1n) is 9.77. The van der Waals surface area contributed by atoms with Gasteiger partial charge >= 0.3 is 0 Å². The van der Waals surface area contributed by atoms with Gasteiger partial charge in [-0.3, -0.25) is 4.79 Å². The van der Waals surface area contributed by atoms with Crippen LogP contribution in [0.5, 0.6) is 0 Å². The van der Waals surface area contributed by atoms with Crippen LogP contribution < -0.4 is 5.32 Å². The van der Waals surface area contributed by atoms with E-state index < -0.39 is 0 Å². The fourth-order valence-corrected chi connectivity index (χ4v) is 4.26. The minimum Gasteiger partial charge on any atom is -0.349 e. The summed E-state index contributed by atoms with van der Waals surface area (Å²) in [6, 6.07) is 13.0. The number of nitrogens with zero attached hydrogens (tertiary/aromatic N) is 2. The minimum atomic E-state index is -0.00536. The fourth-order valence-electron chi connectivity index (χ4n) is 3.30. The lowest BCUT2D eigenvalue weighted by molar-refractivity contribution is 0.0942. The molecular weight excluding hydrogens is 366 g/mol. The first-order valence-corrected chi connectivity index (χ1v) is 10.6. The second kappa shape index (κ2) is 8.10. The van der Waals surface area contributed by atoms with Crippen LogP contribution in [0.4, 0.5) is 0 Å². The van der Waals surface area contributed by atoms with Gasteiger partial charge in [0.1, 0.15) is 5.69 Å². The van der Waals surface area contributed by atoms with Gasteiger partial charge in [0.05, 0.1) is 10.2 Å². The summed E-state index contributed by atoms with van der Waals surface area (Å²) < 4.78 is 3.32. The molecule has 0 bridgehead atoms. The van der Waals surface area contributed by atoms with Gasteiger partial charge in [-0.25, -0.2) is 0 Å². The molecule has 0 aliphatic heterocycles. The molecule has 0 aliphatic rings. The molecule has 4 nitrogen and oxygen atoms in total. The normalized spacial score (nSPS) is 12.1. The third-order valence-corrected chi connectivity index (χ3v) is 5.94. The lowest BCUT2D eigenvalue weighted by Gasteiger charge is -2.19. The van der Waals surface area contributed by atoms with Gasteiger partial charge < -0.3 is 14.8 Å². The molecule has 28 heavy (non-hydrogen) atoms. The van der Waals surface area contributed by atoms with E-state index >= 15 is 0 Å². The van der Waals surface area contributed by atoms with E-state index in [0.29, 0.717) is 13.1 Å². The van der Waals surface area contributed by atoms with E-state index in [1.165, 1.54) is 20.7 Å². The number of fused-ring (bicyclic) bond motifs is 1. The first-order chi connectivity index (χ1) is 13.1. The maximum atomic E-state index is 12.8. The van der Waals surface area contributed by atoms with Crippen molar-refractivity contribution in [1.29, 1.82) is 0 Å². The van der Waals surface area contributed by atoms with Crippen LogP contribution in [0.15, 0.2) is 36.4 Å². The maximum Gasteiger partial charge on any atom is 0.268 e. The Bertz CT molecular complexity index is 958. The average Bonchev–Trinajstić information content (AvgIpc) is 3.11. The number of thiophene rings is 1. The van der Waals surface area contributed by atoms with Crippen molar-refractivity contribution in [2.75, 3.05) is 27.2 Å². The Balaban J connectivity index is 1.89. The molecule has 0 atom stereocenters. The molecule has 2 aromatic heterocycles. The Morgan fingerprint density at radius 2 is 1.82 bits per heavy atom. The van der Waals surface area contributed by atoms with Crippen LogP contribution in [0.25, 0.3) is 10.2 Å². The molecule has 2 heterocycles. The van der Waals surface area contributed by atoms with Gasteiger partial charge in [0.2, 0.25) is 0 Å². The highest BCUT2D eigenvalue weighted by Crippen LogP contribution is 2.30. The summed E-state index contributed by atoms with van der Waals surface area (Å²) in [5.74, 6) is -0.00536.